The smallest absolute Gasteiger partial charge is 0.408 e. The Kier molecular flexibility index (Phi) is 14.9. The Morgan fingerprint density at radius 3 is 1.64 bits per heavy atom. The highest BCUT2D eigenvalue weighted by Crippen LogP contribution is 2.11. The average Bonchev–Trinajstić information content (AvgIpc) is 2.99. The van der Waals surface area contributed by atoms with Gasteiger partial charge < -0.3 is 30.7 Å². The van der Waals surface area contributed by atoms with Crippen LogP contribution in [0.4, 0.5) is 4.79 Å². The number of amides is 4. The third-order valence-corrected chi connectivity index (χ3v) is 6.71. The maximum absolute atomic E-state index is 13.6. The highest BCUT2D eigenvalue weighted by molar-refractivity contribution is 5.94. The molecule has 11 nitrogen and oxygen atoms in total. The molecule has 0 unspecified atom stereocenters. The van der Waals surface area contributed by atoms with Crippen molar-refractivity contribution in [2.75, 3.05) is 7.11 Å². The molecular weight excluding hydrogens is 564 g/mol. The number of benzene rings is 2. The lowest BCUT2D eigenvalue weighted by molar-refractivity contribution is -0.146. The highest BCUT2D eigenvalue weighted by atomic mass is 16.5. The van der Waals surface area contributed by atoms with E-state index in [0.29, 0.717) is 12.8 Å². The van der Waals surface area contributed by atoms with Crippen molar-refractivity contribution in [1.82, 2.24) is 21.3 Å². The van der Waals surface area contributed by atoms with E-state index in [1.165, 1.54) is 14.0 Å². The van der Waals surface area contributed by atoms with Crippen LogP contribution < -0.4 is 21.3 Å². The second kappa shape index (κ2) is 18.3. The van der Waals surface area contributed by atoms with Gasteiger partial charge in [0, 0.05) is 6.42 Å². The van der Waals surface area contributed by atoms with Gasteiger partial charge in [0.15, 0.2) is 0 Å². The van der Waals surface area contributed by atoms with E-state index >= 15 is 0 Å². The number of carbonyl (C=O) groups excluding carboxylic acids is 5. The first-order valence-electron chi connectivity index (χ1n) is 14.9. The van der Waals surface area contributed by atoms with Gasteiger partial charge in [0.05, 0.1) is 7.11 Å². The molecule has 4 N–H and O–H groups in total. The van der Waals surface area contributed by atoms with Crippen molar-refractivity contribution < 1.29 is 33.4 Å². The number of rotatable bonds is 16. The zero-order valence-electron chi connectivity index (χ0n) is 26.4. The molecule has 11 heteroatoms. The Morgan fingerprint density at radius 1 is 0.614 bits per heavy atom. The van der Waals surface area contributed by atoms with Crippen molar-refractivity contribution in [1.29, 1.82) is 0 Å². The van der Waals surface area contributed by atoms with Gasteiger partial charge in [0.2, 0.25) is 17.7 Å². The van der Waals surface area contributed by atoms with Crippen molar-refractivity contribution in [3.05, 3.63) is 71.8 Å². The van der Waals surface area contributed by atoms with Gasteiger partial charge in [-0.1, -0.05) is 88.4 Å². The summed E-state index contributed by atoms with van der Waals surface area (Å²) in [5.41, 5.74) is 1.57. The molecule has 2 rings (SSSR count). The van der Waals surface area contributed by atoms with Crippen molar-refractivity contribution in [3.8, 4) is 0 Å². The summed E-state index contributed by atoms with van der Waals surface area (Å²) in [4.78, 5) is 64.7. The minimum Gasteiger partial charge on any atom is -0.467 e. The van der Waals surface area contributed by atoms with E-state index in [-0.39, 0.29) is 24.9 Å². The van der Waals surface area contributed by atoms with E-state index in [2.05, 4.69) is 21.3 Å². The van der Waals surface area contributed by atoms with Crippen LogP contribution >= 0.6 is 0 Å². The summed E-state index contributed by atoms with van der Waals surface area (Å²) in [6, 6.07) is 14.3. The third-order valence-electron chi connectivity index (χ3n) is 6.71. The molecule has 0 aliphatic carbocycles. The molecule has 0 heterocycles. The van der Waals surface area contributed by atoms with Crippen LogP contribution in [0.5, 0.6) is 0 Å². The lowest BCUT2D eigenvalue weighted by atomic mass is 9.99. The molecule has 0 fully saturated rings. The molecule has 240 valence electrons. The Labute approximate surface area is 259 Å². The van der Waals surface area contributed by atoms with Gasteiger partial charge in [-0.15, -0.1) is 0 Å². The monoisotopic (exact) mass is 610 g/mol. The van der Waals surface area contributed by atoms with Crippen LogP contribution in [0.15, 0.2) is 60.7 Å². The molecule has 0 radical (unpaired) electrons. The van der Waals surface area contributed by atoms with E-state index in [0.717, 1.165) is 11.1 Å². The molecule has 2 aromatic rings. The van der Waals surface area contributed by atoms with E-state index in [4.69, 9.17) is 9.47 Å². The number of hydrogen-bond donors (Lipinski definition) is 4. The van der Waals surface area contributed by atoms with E-state index in [1.807, 2.05) is 88.4 Å². The number of alkyl carbamates (subject to hydrolysis) is 1. The molecule has 4 amide bonds. The van der Waals surface area contributed by atoms with Crippen LogP contribution in [0.1, 0.15) is 58.6 Å². The van der Waals surface area contributed by atoms with Gasteiger partial charge in [-0.2, -0.15) is 0 Å². The van der Waals surface area contributed by atoms with Gasteiger partial charge in [-0.05, 0) is 42.7 Å². The fraction of sp³-hybridized carbons (Fsp3) is 0.485. The summed E-state index contributed by atoms with van der Waals surface area (Å²) >= 11 is 0. The first-order chi connectivity index (χ1) is 20.9. The summed E-state index contributed by atoms with van der Waals surface area (Å²) in [5, 5.41) is 10.7. The van der Waals surface area contributed by atoms with Crippen LogP contribution in [0.3, 0.4) is 0 Å². The number of ether oxygens (including phenoxy) is 2. The standard InChI is InChI=1S/C33H46N4O7/c1-21(2)17-26(30(39)37-28(18-22(3)4)32(41)43-6)36-31(40)27(19-24-13-9-7-10-14-24)35-29(38)23(5)34-33(42)44-20-25-15-11-8-12-16-25/h7-16,21-23,26-28H,17-20H2,1-6H3,(H,34,42)(H,35,38)(H,36,40)(H,37,39)/t23-,26-,27-,28-/m0/s1. The average molecular weight is 611 g/mol. The molecule has 0 saturated carbocycles. The quantitative estimate of drug-likeness (QED) is 0.213. The molecule has 4 atom stereocenters. The molecule has 0 saturated heterocycles. The highest BCUT2D eigenvalue weighted by Gasteiger charge is 2.31. The third kappa shape index (κ3) is 12.8. The fourth-order valence-corrected chi connectivity index (χ4v) is 4.44. The number of methoxy groups -OCH3 is 1. The van der Waals surface area contributed by atoms with Gasteiger partial charge in [-0.25, -0.2) is 9.59 Å². The van der Waals surface area contributed by atoms with Gasteiger partial charge in [-0.3, -0.25) is 14.4 Å². The van der Waals surface area contributed by atoms with Gasteiger partial charge in [0.1, 0.15) is 30.8 Å². The van der Waals surface area contributed by atoms with Crippen molar-refractivity contribution in [2.24, 2.45) is 11.8 Å². The molecular formula is C33H46N4O7. The van der Waals surface area contributed by atoms with Crippen LogP contribution in [0, 0.1) is 11.8 Å². The predicted molar refractivity (Wildman–Crippen MR) is 166 cm³/mol. The Bertz CT molecular complexity index is 1220. The lowest BCUT2D eigenvalue weighted by Crippen LogP contribution is -2.58. The topological polar surface area (TPSA) is 152 Å². The SMILES string of the molecule is COC(=O)[C@H](CC(C)C)NC(=O)[C@H](CC(C)C)NC(=O)[C@H](Cc1ccccc1)NC(=O)[C@H](C)NC(=O)OCc1ccccc1. The summed E-state index contributed by atoms with van der Waals surface area (Å²) in [6.45, 7) is 9.18. The zero-order valence-corrected chi connectivity index (χ0v) is 26.4. The molecule has 0 aromatic heterocycles. The summed E-state index contributed by atoms with van der Waals surface area (Å²) in [6.07, 6.45) is 0.0181. The molecule has 2 aromatic carbocycles. The molecule has 44 heavy (non-hydrogen) atoms. The van der Waals surface area contributed by atoms with Crippen molar-refractivity contribution in [3.63, 3.8) is 0 Å². The van der Waals surface area contributed by atoms with Crippen LogP contribution in [-0.4, -0.2) is 61.1 Å². The van der Waals surface area contributed by atoms with E-state index < -0.39 is 54.0 Å². The summed E-state index contributed by atoms with van der Waals surface area (Å²) in [5.74, 6) is -2.15. The Morgan fingerprint density at radius 2 is 1.09 bits per heavy atom. The zero-order chi connectivity index (χ0) is 32.6. The summed E-state index contributed by atoms with van der Waals surface area (Å²) in [7, 11) is 1.25. The second-order valence-corrected chi connectivity index (χ2v) is 11.6. The first kappa shape index (κ1) is 35.8. The van der Waals surface area contributed by atoms with Crippen LogP contribution in [-0.2, 0) is 41.7 Å². The van der Waals surface area contributed by atoms with Crippen LogP contribution in [0.25, 0.3) is 0 Å². The van der Waals surface area contributed by atoms with Gasteiger partial charge in [0.25, 0.3) is 0 Å². The molecule has 0 aliphatic rings. The normalized spacial score (nSPS) is 13.6. The molecule has 0 spiro atoms. The number of esters is 1. The summed E-state index contributed by atoms with van der Waals surface area (Å²) < 4.78 is 10.1. The minimum absolute atomic E-state index is 0.0287. The maximum Gasteiger partial charge on any atom is 0.408 e. The van der Waals surface area contributed by atoms with Crippen molar-refractivity contribution >= 4 is 29.8 Å². The van der Waals surface area contributed by atoms with Crippen molar-refractivity contribution in [2.45, 2.75) is 84.7 Å². The van der Waals surface area contributed by atoms with Gasteiger partial charge >= 0.3 is 12.1 Å². The van der Waals surface area contributed by atoms with E-state index in [9.17, 15) is 24.0 Å². The molecule has 0 aliphatic heterocycles. The Balaban J connectivity index is 2.15. The first-order valence-corrected chi connectivity index (χ1v) is 14.9. The maximum atomic E-state index is 13.6. The predicted octanol–water partition coefficient (Wildman–Crippen LogP) is 3.26. The van der Waals surface area contributed by atoms with E-state index in [1.54, 1.807) is 0 Å². The Hall–Kier alpha value is -4.41. The molecule has 0 bridgehead atoms. The minimum atomic E-state index is -1.07. The number of carbonyl (C=O) groups is 5. The lowest BCUT2D eigenvalue weighted by Gasteiger charge is -2.27. The number of nitrogens with one attached hydrogen (secondary N) is 4. The fourth-order valence-electron chi connectivity index (χ4n) is 4.44. The van der Waals surface area contributed by atoms with Crippen LogP contribution in [0.2, 0.25) is 0 Å². The number of hydrogen-bond acceptors (Lipinski definition) is 7. The largest absolute Gasteiger partial charge is 0.467 e. The second-order valence-electron chi connectivity index (χ2n) is 11.6.